The number of hydrogen-bond donors (Lipinski definition) is 2. The van der Waals surface area contributed by atoms with Gasteiger partial charge in [0.2, 0.25) is 0 Å². The molecule has 1 fully saturated rings. The number of benzene rings is 1. The van der Waals surface area contributed by atoms with Gasteiger partial charge >= 0.3 is 12.2 Å². The summed E-state index contributed by atoms with van der Waals surface area (Å²) in [7, 11) is 0. The smallest absolute Gasteiger partial charge is 0.431 e. The predicted molar refractivity (Wildman–Crippen MR) is 99.3 cm³/mol. The zero-order valence-corrected chi connectivity index (χ0v) is 15.6. The van der Waals surface area contributed by atoms with Gasteiger partial charge in [0.15, 0.2) is 17.0 Å². The molecule has 3 heterocycles. The van der Waals surface area contributed by atoms with Crippen molar-refractivity contribution in [3.63, 3.8) is 0 Å². The molecule has 3 aromatic rings. The number of aliphatic hydroxyl groups is 1. The minimum absolute atomic E-state index is 0.0468. The highest BCUT2D eigenvalue weighted by Crippen LogP contribution is 2.31. The molecule has 1 aliphatic heterocycles. The number of aliphatic hydroxyl groups excluding tert-OH is 1. The predicted octanol–water partition coefficient (Wildman–Crippen LogP) is 1.32. The normalized spacial score (nSPS) is 20.6. The van der Waals surface area contributed by atoms with Gasteiger partial charge in [0.1, 0.15) is 24.7 Å². The highest BCUT2D eigenvalue weighted by molar-refractivity contribution is 5.81. The number of nitrogen functional groups attached to an aromatic ring is 1. The van der Waals surface area contributed by atoms with E-state index in [1.54, 1.807) is 0 Å². The number of nitrogens with zero attached hydrogens (tertiary/aromatic N) is 5. The molecular formula is C17H15FN6O7. The Kier molecular flexibility index (Phi) is 5.31. The maximum atomic E-state index is 13.5. The first-order valence-electron chi connectivity index (χ1n) is 8.90. The average Bonchev–Trinajstić information content (AvgIpc) is 3.30. The lowest BCUT2D eigenvalue weighted by atomic mass is 10.2. The van der Waals surface area contributed by atoms with Crippen molar-refractivity contribution in [3.8, 4) is 5.75 Å². The number of non-ortho nitro benzene ring substituents is 1. The van der Waals surface area contributed by atoms with Gasteiger partial charge in [-0.25, -0.2) is 9.78 Å². The zero-order valence-electron chi connectivity index (χ0n) is 15.6. The molecule has 0 radical (unpaired) electrons. The van der Waals surface area contributed by atoms with Gasteiger partial charge in [-0.3, -0.25) is 14.7 Å². The first-order valence-corrected chi connectivity index (χ1v) is 8.90. The fraction of sp³-hybridized carbons (Fsp3) is 0.294. The SMILES string of the molecule is Nc1nc(F)nc2c1ncn2[C@H]1C[C@H](O)[C@@H](COC(=O)Oc2ccc([N+](=O)[O-])cc2)O1. The molecule has 1 aliphatic rings. The van der Waals surface area contributed by atoms with E-state index in [1.807, 2.05) is 0 Å². The van der Waals surface area contributed by atoms with Gasteiger partial charge < -0.3 is 25.1 Å². The average molecular weight is 434 g/mol. The fourth-order valence-corrected chi connectivity index (χ4v) is 3.07. The van der Waals surface area contributed by atoms with Crippen molar-refractivity contribution in [2.24, 2.45) is 0 Å². The quantitative estimate of drug-likeness (QED) is 0.194. The molecule has 4 rings (SSSR count). The molecule has 0 aliphatic carbocycles. The summed E-state index contributed by atoms with van der Waals surface area (Å²) < 4.78 is 30.5. The van der Waals surface area contributed by atoms with Crippen molar-refractivity contribution in [3.05, 3.63) is 46.8 Å². The number of nitro groups is 1. The molecule has 3 atom stereocenters. The van der Waals surface area contributed by atoms with Crippen LogP contribution in [0.15, 0.2) is 30.6 Å². The van der Waals surface area contributed by atoms with Gasteiger partial charge in [-0.1, -0.05) is 0 Å². The van der Waals surface area contributed by atoms with Crippen LogP contribution in [0, 0.1) is 16.2 Å². The van der Waals surface area contributed by atoms with Crippen LogP contribution in [0.5, 0.6) is 5.75 Å². The molecule has 31 heavy (non-hydrogen) atoms. The lowest BCUT2D eigenvalue weighted by Crippen LogP contribution is -2.28. The highest BCUT2D eigenvalue weighted by Gasteiger charge is 2.37. The van der Waals surface area contributed by atoms with Gasteiger partial charge in [0.25, 0.3) is 5.69 Å². The Morgan fingerprint density at radius 1 is 1.39 bits per heavy atom. The lowest BCUT2D eigenvalue weighted by Gasteiger charge is -2.15. The van der Waals surface area contributed by atoms with Crippen molar-refractivity contribution < 1.29 is 33.4 Å². The number of carbonyl (C=O) groups is 1. The number of ether oxygens (including phenoxy) is 3. The van der Waals surface area contributed by atoms with E-state index >= 15 is 0 Å². The largest absolute Gasteiger partial charge is 0.513 e. The van der Waals surface area contributed by atoms with Crippen molar-refractivity contribution in [2.45, 2.75) is 24.9 Å². The van der Waals surface area contributed by atoms with E-state index in [-0.39, 0.29) is 41.4 Å². The Balaban J connectivity index is 1.36. The number of imidazole rings is 1. The first kappa shape index (κ1) is 20.4. The van der Waals surface area contributed by atoms with E-state index in [1.165, 1.54) is 35.2 Å². The Labute approximate surface area is 172 Å². The minimum Gasteiger partial charge on any atom is -0.431 e. The third kappa shape index (κ3) is 4.19. The van der Waals surface area contributed by atoms with E-state index in [0.29, 0.717) is 0 Å². The van der Waals surface area contributed by atoms with E-state index in [0.717, 1.165) is 0 Å². The summed E-state index contributed by atoms with van der Waals surface area (Å²) in [5.41, 5.74) is 5.75. The number of nitro benzene ring substituents is 1. The van der Waals surface area contributed by atoms with Crippen LogP contribution in [-0.4, -0.2) is 54.5 Å². The molecule has 1 saturated heterocycles. The van der Waals surface area contributed by atoms with Crippen LogP contribution in [-0.2, 0) is 9.47 Å². The van der Waals surface area contributed by atoms with Gasteiger partial charge in [-0.2, -0.15) is 14.4 Å². The molecule has 0 amide bonds. The second kappa shape index (κ2) is 8.08. The number of halogens is 1. The van der Waals surface area contributed by atoms with Crippen molar-refractivity contribution in [2.75, 3.05) is 12.3 Å². The van der Waals surface area contributed by atoms with Crippen LogP contribution >= 0.6 is 0 Å². The molecule has 0 saturated carbocycles. The van der Waals surface area contributed by atoms with Crippen LogP contribution < -0.4 is 10.5 Å². The topological polar surface area (TPSA) is 178 Å². The maximum Gasteiger partial charge on any atom is 0.513 e. The highest BCUT2D eigenvalue weighted by atomic mass is 19.1. The Morgan fingerprint density at radius 3 is 2.84 bits per heavy atom. The lowest BCUT2D eigenvalue weighted by molar-refractivity contribution is -0.384. The Morgan fingerprint density at radius 2 is 2.13 bits per heavy atom. The Bertz CT molecular complexity index is 1140. The maximum absolute atomic E-state index is 13.5. The number of rotatable bonds is 5. The van der Waals surface area contributed by atoms with Crippen LogP contribution in [0.3, 0.4) is 0 Å². The number of nitrogens with two attached hydrogens (primary N) is 1. The monoisotopic (exact) mass is 434 g/mol. The molecule has 0 unspecified atom stereocenters. The van der Waals surface area contributed by atoms with Gasteiger partial charge in [0.05, 0.1) is 17.4 Å². The summed E-state index contributed by atoms with van der Waals surface area (Å²) in [6, 6.07) is 4.83. The number of aromatic nitrogens is 4. The summed E-state index contributed by atoms with van der Waals surface area (Å²) in [5.74, 6) is -0.0841. The molecule has 3 N–H and O–H groups in total. The first-order chi connectivity index (χ1) is 14.8. The molecular weight excluding hydrogens is 419 g/mol. The number of hydrogen-bond acceptors (Lipinski definition) is 11. The summed E-state index contributed by atoms with van der Waals surface area (Å²) >= 11 is 0. The molecule has 2 aromatic heterocycles. The van der Waals surface area contributed by atoms with Crippen molar-refractivity contribution in [1.82, 2.24) is 19.5 Å². The number of carbonyl (C=O) groups excluding carboxylic acids is 1. The summed E-state index contributed by atoms with van der Waals surface area (Å²) in [4.78, 5) is 33.0. The molecule has 14 heteroatoms. The number of anilines is 1. The minimum atomic E-state index is -1.08. The molecule has 0 bridgehead atoms. The van der Waals surface area contributed by atoms with Gasteiger partial charge in [0, 0.05) is 18.6 Å². The summed E-state index contributed by atoms with van der Waals surface area (Å²) in [6.45, 7) is -0.332. The molecule has 1 aromatic carbocycles. The van der Waals surface area contributed by atoms with Crippen molar-refractivity contribution >= 4 is 28.8 Å². The third-order valence-electron chi connectivity index (χ3n) is 4.55. The second-order valence-electron chi connectivity index (χ2n) is 6.55. The number of fused-ring (bicyclic) bond motifs is 1. The van der Waals surface area contributed by atoms with E-state index in [9.17, 15) is 24.4 Å². The molecule has 0 spiro atoms. The van der Waals surface area contributed by atoms with Crippen LogP contribution in [0.4, 0.5) is 20.7 Å². The molecule has 13 nitrogen and oxygen atoms in total. The van der Waals surface area contributed by atoms with E-state index in [2.05, 4.69) is 15.0 Å². The van der Waals surface area contributed by atoms with Gasteiger partial charge in [-0.05, 0) is 12.1 Å². The summed E-state index contributed by atoms with van der Waals surface area (Å²) in [6.07, 6.45) is -3.33. The Hall–Kier alpha value is -3.91. The fourth-order valence-electron chi connectivity index (χ4n) is 3.07. The van der Waals surface area contributed by atoms with Crippen LogP contribution in [0.2, 0.25) is 0 Å². The summed E-state index contributed by atoms with van der Waals surface area (Å²) in [5, 5.41) is 20.9. The van der Waals surface area contributed by atoms with Crippen LogP contribution in [0.1, 0.15) is 12.6 Å². The third-order valence-corrected chi connectivity index (χ3v) is 4.55. The van der Waals surface area contributed by atoms with Gasteiger partial charge in [-0.15, -0.1) is 0 Å². The van der Waals surface area contributed by atoms with E-state index in [4.69, 9.17) is 19.9 Å². The van der Waals surface area contributed by atoms with E-state index < -0.39 is 35.6 Å². The van der Waals surface area contributed by atoms with Crippen LogP contribution in [0.25, 0.3) is 11.2 Å². The van der Waals surface area contributed by atoms with Crippen molar-refractivity contribution in [1.29, 1.82) is 0 Å². The zero-order chi connectivity index (χ0) is 22.1. The molecule has 162 valence electrons. The standard InChI is InChI=1S/C17H15FN6O7/c18-16-21-14(19)13-15(22-16)23(7-20-13)12-5-10(25)11(31-12)6-29-17(26)30-9-3-1-8(2-4-9)24(27)28/h1-4,7,10-12,25H,5-6H2,(H2,19,21,22)/t10-,11+,12+/m0/s1. The second-order valence-corrected chi connectivity index (χ2v) is 6.55.